The topological polar surface area (TPSA) is 105 Å². The van der Waals surface area contributed by atoms with Gasteiger partial charge in [-0.15, -0.1) is 0 Å². The fourth-order valence-electron chi connectivity index (χ4n) is 1.91. The van der Waals surface area contributed by atoms with E-state index in [2.05, 4.69) is 23.1 Å². The number of primary amides is 1. The van der Waals surface area contributed by atoms with Gasteiger partial charge in [0.25, 0.3) is 0 Å². The molecule has 1 aliphatic rings. The maximum atomic E-state index is 10.6. The molecule has 5 N–H and O–H groups in total. The monoisotopic (exact) mass is 294 g/mol. The molecule has 1 fully saturated rings. The maximum absolute atomic E-state index is 10.6. The van der Waals surface area contributed by atoms with E-state index in [1.807, 2.05) is 0 Å². The van der Waals surface area contributed by atoms with E-state index in [9.17, 15) is 9.59 Å². The molecule has 0 bridgehead atoms. The lowest BCUT2D eigenvalue weighted by Gasteiger charge is -2.09. The van der Waals surface area contributed by atoms with Crippen LogP contribution >= 0.6 is 0 Å². The minimum atomic E-state index is -0.662. The average Bonchev–Trinajstić information content (AvgIpc) is 3.00. The highest BCUT2D eigenvalue weighted by Gasteiger charge is 2.11. The fourth-order valence-corrected chi connectivity index (χ4v) is 1.91. The number of carbonyl (C=O) groups excluding carboxylic acids is 2. The molecule has 1 aliphatic heterocycles. The summed E-state index contributed by atoms with van der Waals surface area (Å²) in [5, 5.41) is 2.40. The molecular weight excluding hydrogens is 272 g/mol. The number of carbonyl (C=O) groups is 2. The van der Waals surface area contributed by atoms with E-state index in [-0.39, 0.29) is 0 Å². The standard InChI is InChI=1S/C8H10N4O2.C6H12O/c9-8(14)11-6-3-1-2-4-7(6)12-10-5-13;1-2-6-4-3-5-7-6/h1-5,12H,(H,10,13)(H3,9,11,14);6H,2-5H2,1H3. The number of amides is 3. The van der Waals surface area contributed by atoms with Gasteiger partial charge in [-0.1, -0.05) is 19.1 Å². The van der Waals surface area contributed by atoms with E-state index >= 15 is 0 Å². The molecule has 1 atom stereocenters. The molecule has 0 spiro atoms. The van der Waals surface area contributed by atoms with Gasteiger partial charge < -0.3 is 15.8 Å². The predicted molar refractivity (Wildman–Crippen MR) is 81.7 cm³/mol. The summed E-state index contributed by atoms with van der Waals surface area (Å²) in [7, 11) is 0. The van der Waals surface area contributed by atoms with Crippen LogP contribution in [-0.4, -0.2) is 25.2 Å². The summed E-state index contributed by atoms with van der Waals surface area (Å²) >= 11 is 0. The smallest absolute Gasteiger partial charge is 0.316 e. The van der Waals surface area contributed by atoms with E-state index in [1.54, 1.807) is 24.3 Å². The van der Waals surface area contributed by atoms with E-state index < -0.39 is 6.03 Å². The van der Waals surface area contributed by atoms with Crippen molar-refractivity contribution in [2.75, 3.05) is 17.3 Å². The van der Waals surface area contributed by atoms with E-state index in [0.717, 1.165) is 6.61 Å². The van der Waals surface area contributed by atoms with E-state index in [0.29, 0.717) is 23.9 Å². The number of anilines is 2. The molecular formula is C14H22N4O3. The van der Waals surface area contributed by atoms with Crippen molar-refractivity contribution in [3.63, 3.8) is 0 Å². The van der Waals surface area contributed by atoms with Gasteiger partial charge in [0.1, 0.15) is 0 Å². The quantitative estimate of drug-likeness (QED) is 0.491. The molecule has 3 amide bonds. The second-order valence-electron chi connectivity index (χ2n) is 4.47. The van der Waals surface area contributed by atoms with Crippen molar-refractivity contribution in [1.82, 2.24) is 5.43 Å². The van der Waals surface area contributed by atoms with Gasteiger partial charge in [-0.2, -0.15) is 0 Å². The lowest BCUT2D eigenvalue weighted by Crippen LogP contribution is -2.23. The average molecular weight is 294 g/mol. The molecule has 1 heterocycles. The third-order valence-electron chi connectivity index (χ3n) is 2.93. The van der Waals surface area contributed by atoms with Crippen LogP contribution in [0.1, 0.15) is 26.2 Å². The summed E-state index contributed by atoms with van der Waals surface area (Å²) in [4.78, 5) is 20.6. The highest BCUT2D eigenvalue weighted by Crippen LogP contribution is 2.19. The van der Waals surface area contributed by atoms with Crippen LogP contribution in [0.15, 0.2) is 24.3 Å². The van der Waals surface area contributed by atoms with E-state index in [4.69, 9.17) is 10.5 Å². The third-order valence-corrected chi connectivity index (χ3v) is 2.93. The number of ether oxygens (including phenoxy) is 1. The number of hydrogen-bond acceptors (Lipinski definition) is 4. The molecule has 21 heavy (non-hydrogen) atoms. The van der Waals surface area contributed by atoms with Gasteiger partial charge >= 0.3 is 6.03 Å². The summed E-state index contributed by atoms with van der Waals surface area (Å²) in [5.41, 5.74) is 10.8. The fraction of sp³-hybridized carbons (Fsp3) is 0.429. The third kappa shape index (κ3) is 6.62. The van der Waals surface area contributed by atoms with Crippen molar-refractivity contribution in [1.29, 1.82) is 0 Å². The first-order valence-corrected chi connectivity index (χ1v) is 6.89. The van der Waals surface area contributed by atoms with Crippen LogP contribution < -0.4 is 21.9 Å². The van der Waals surface area contributed by atoms with Crippen molar-refractivity contribution in [3.05, 3.63) is 24.3 Å². The molecule has 0 aliphatic carbocycles. The number of para-hydroxylation sites is 2. The van der Waals surface area contributed by atoms with Crippen molar-refractivity contribution in [2.24, 2.45) is 5.73 Å². The zero-order valence-corrected chi connectivity index (χ0v) is 12.1. The Hall–Kier alpha value is -2.28. The van der Waals surface area contributed by atoms with Crippen LogP contribution in [0.2, 0.25) is 0 Å². The first-order chi connectivity index (χ1) is 10.2. The van der Waals surface area contributed by atoms with Crippen LogP contribution in [0.5, 0.6) is 0 Å². The number of urea groups is 1. The Bertz CT molecular complexity index is 448. The number of benzene rings is 1. The molecule has 7 nitrogen and oxygen atoms in total. The van der Waals surface area contributed by atoms with Gasteiger partial charge in [-0.05, 0) is 31.4 Å². The molecule has 0 saturated carbocycles. The van der Waals surface area contributed by atoms with Gasteiger partial charge in [0, 0.05) is 6.61 Å². The minimum absolute atomic E-state index is 0.487. The summed E-state index contributed by atoms with van der Waals surface area (Å²) in [5.74, 6) is 0. The molecule has 1 aromatic rings. The maximum Gasteiger partial charge on any atom is 0.316 e. The zero-order chi connectivity index (χ0) is 15.5. The number of rotatable bonds is 5. The van der Waals surface area contributed by atoms with Crippen LogP contribution in [0, 0.1) is 0 Å². The molecule has 2 rings (SSSR count). The second-order valence-corrected chi connectivity index (χ2v) is 4.47. The Morgan fingerprint density at radius 3 is 2.62 bits per heavy atom. The number of nitrogens with one attached hydrogen (secondary N) is 3. The molecule has 1 unspecified atom stereocenters. The second kappa shape index (κ2) is 9.60. The summed E-state index contributed by atoms with van der Waals surface area (Å²) < 4.78 is 5.30. The summed E-state index contributed by atoms with van der Waals surface area (Å²) in [6.07, 6.45) is 4.84. The highest BCUT2D eigenvalue weighted by molar-refractivity contribution is 5.91. The SMILES string of the molecule is CCC1CCCO1.NC(=O)Nc1ccccc1NNC=O. The van der Waals surface area contributed by atoms with Crippen molar-refractivity contribution in [2.45, 2.75) is 32.3 Å². The molecule has 1 saturated heterocycles. The largest absolute Gasteiger partial charge is 0.378 e. The summed E-state index contributed by atoms with van der Waals surface area (Å²) in [6, 6.07) is 6.16. The molecule has 7 heteroatoms. The van der Waals surface area contributed by atoms with Gasteiger partial charge in [0.2, 0.25) is 6.41 Å². The Labute approximate surface area is 124 Å². The van der Waals surface area contributed by atoms with Crippen molar-refractivity contribution >= 4 is 23.8 Å². The molecule has 1 aromatic carbocycles. The van der Waals surface area contributed by atoms with Crippen LogP contribution in [0.4, 0.5) is 16.2 Å². The highest BCUT2D eigenvalue weighted by atomic mass is 16.5. The van der Waals surface area contributed by atoms with Gasteiger partial charge in [-0.3, -0.25) is 15.6 Å². The van der Waals surface area contributed by atoms with Gasteiger partial charge in [0.05, 0.1) is 17.5 Å². The predicted octanol–water partition coefficient (Wildman–Crippen LogP) is 1.83. The first kappa shape index (κ1) is 16.8. The van der Waals surface area contributed by atoms with Crippen molar-refractivity contribution < 1.29 is 14.3 Å². The number of nitrogens with two attached hydrogens (primary N) is 1. The normalized spacial score (nSPS) is 16.3. The van der Waals surface area contributed by atoms with Gasteiger partial charge in [-0.25, -0.2) is 4.79 Å². The Kier molecular flexibility index (Phi) is 7.67. The molecule has 116 valence electrons. The lowest BCUT2D eigenvalue weighted by atomic mass is 10.2. The Morgan fingerprint density at radius 2 is 2.14 bits per heavy atom. The van der Waals surface area contributed by atoms with Crippen LogP contribution in [0.3, 0.4) is 0 Å². The van der Waals surface area contributed by atoms with E-state index in [1.165, 1.54) is 19.3 Å². The van der Waals surface area contributed by atoms with Crippen LogP contribution in [0.25, 0.3) is 0 Å². The minimum Gasteiger partial charge on any atom is -0.378 e. The summed E-state index contributed by atoms with van der Waals surface area (Å²) in [6.45, 7) is 3.18. The van der Waals surface area contributed by atoms with Crippen molar-refractivity contribution in [3.8, 4) is 0 Å². The van der Waals surface area contributed by atoms with Crippen LogP contribution in [-0.2, 0) is 9.53 Å². The zero-order valence-electron chi connectivity index (χ0n) is 12.1. The number of hydrazine groups is 1. The first-order valence-electron chi connectivity index (χ1n) is 6.89. The lowest BCUT2D eigenvalue weighted by molar-refractivity contribution is -0.109. The Morgan fingerprint density at radius 1 is 1.43 bits per heavy atom. The van der Waals surface area contributed by atoms with Gasteiger partial charge in [0.15, 0.2) is 0 Å². The Balaban J connectivity index is 0.000000262. The molecule has 0 radical (unpaired) electrons. The number of hydrogen-bond donors (Lipinski definition) is 4. The molecule has 0 aromatic heterocycles.